The van der Waals surface area contributed by atoms with Gasteiger partial charge < -0.3 is 4.74 Å². The molecule has 1 aromatic carbocycles. The second kappa shape index (κ2) is 6.65. The summed E-state index contributed by atoms with van der Waals surface area (Å²) in [5.41, 5.74) is 0. The number of sulfonamides is 1. The van der Waals surface area contributed by atoms with Crippen molar-refractivity contribution >= 4 is 33.2 Å². The van der Waals surface area contributed by atoms with Crippen LogP contribution in [-0.2, 0) is 10.0 Å². The Balaban J connectivity index is 1.77. The molecular formula is C15H14Cl2N2O3S. The summed E-state index contributed by atoms with van der Waals surface area (Å²) < 4.78 is 31.8. The molecule has 3 rings (SSSR count). The zero-order chi connectivity index (χ0) is 16.4. The quantitative estimate of drug-likeness (QED) is 0.814. The molecule has 0 unspecified atom stereocenters. The molecule has 0 radical (unpaired) electrons. The van der Waals surface area contributed by atoms with Crippen LogP contribution in [0, 0.1) is 0 Å². The topological polar surface area (TPSA) is 59.5 Å². The number of halogens is 2. The number of pyridine rings is 1. The van der Waals surface area contributed by atoms with E-state index in [1.807, 2.05) is 0 Å². The number of nitrogens with zero attached hydrogens (tertiary/aromatic N) is 2. The number of aromatic nitrogens is 1. The van der Waals surface area contributed by atoms with E-state index in [1.54, 1.807) is 18.2 Å². The van der Waals surface area contributed by atoms with Gasteiger partial charge in [-0.05, 0) is 31.0 Å². The van der Waals surface area contributed by atoms with E-state index in [0.29, 0.717) is 28.9 Å². The van der Waals surface area contributed by atoms with Crippen molar-refractivity contribution < 1.29 is 13.2 Å². The highest BCUT2D eigenvalue weighted by Gasteiger charge is 2.27. The average Bonchev–Trinajstić information content (AvgIpc) is 3.07. The molecular weight excluding hydrogens is 359 g/mol. The van der Waals surface area contributed by atoms with Crippen molar-refractivity contribution in [1.82, 2.24) is 9.29 Å². The van der Waals surface area contributed by atoms with E-state index in [1.165, 1.54) is 22.6 Å². The Kier molecular flexibility index (Phi) is 4.77. The first-order valence-electron chi connectivity index (χ1n) is 7.06. The lowest BCUT2D eigenvalue weighted by Crippen LogP contribution is -2.27. The molecule has 122 valence electrons. The molecule has 5 nitrogen and oxygen atoms in total. The molecule has 0 aliphatic carbocycles. The second-order valence-electron chi connectivity index (χ2n) is 5.12. The molecule has 1 aliphatic heterocycles. The van der Waals surface area contributed by atoms with Crippen LogP contribution >= 0.6 is 23.2 Å². The zero-order valence-electron chi connectivity index (χ0n) is 12.1. The summed E-state index contributed by atoms with van der Waals surface area (Å²) in [4.78, 5) is 4.23. The molecule has 2 heterocycles. The maximum Gasteiger partial charge on any atom is 0.244 e. The Morgan fingerprint density at radius 3 is 2.39 bits per heavy atom. The minimum atomic E-state index is -3.46. The summed E-state index contributed by atoms with van der Waals surface area (Å²) in [7, 11) is -3.46. The van der Waals surface area contributed by atoms with Crippen LogP contribution in [0.1, 0.15) is 12.8 Å². The molecule has 1 saturated heterocycles. The lowest BCUT2D eigenvalue weighted by Gasteiger charge is -2.15. The predicted molar refractivity (Wildman–Crippen MR) is 88.8 cm³/mol. The fourth-order valence-electron chi connectivity index (χ4n) is 2.32. The van der Waals surface area contributed by atoms with Gasteiger partial charge in [0.2, 0.25) is 15.9 Å². The number of hydrogen-bond donors (Lipinski definition) is 0. The number of ether oxygens (including phenoxy) is 1. The second-order valence-corrected chi connectivity index (χ2v) is 7.87. The molecule has 0 amide bonds. The summed E-state index contributed by atoms with van der Waals surface area (Å²) in [6.07, 6.45) is 3.09. The van der Waals surface area contributed by atoms with Crippen LogP contribution in [-0.4, -0.2) is 30.8 Å². The third-order valence-electron chi connectivity index (χ3n) is 3.53. The van der Waals surface area contributed by atoms with Crippen LogP contribution in [0.3, 0.4) is 0 Å². The van der Waals surface area contributed by atoms with E-state index in [-0.39, 0.29) is 10.8 Å². The van der Waals surface area contributed by atoms with Gasteiger partial charge in [0.25, 0.3) is 0 Å². The van der Waals surface area contributed by atoms with Crippen molar-refractivity contribution in [3.63, 3.8) is 0 Å². The SMILES string of the molecule is O=S(=O)(c1ccc(Oc2ccc(Cl)c(Cl)c2)nc1)N1CCCC1. The molecule has 0 saturated carbocycles. The van der Waals surface area contributed by atoms with Crippen molar-refractivity contribution in [2.24, 2.45) is 0 Å². The zero-order valence-corrected chi connectivity index (χ0v) is 14.4. The van der Waals surface area contributed by atoms with Gasteiger partial charge in [-0.2, -0.15) is 4.31 Å². The van der Waals surface area contributed by atoms with Crippen molar-refractivity contribution in [2.45, 2.75) is 17.7 Å². The third-order valence-corrected chi connectivity index (χ3v) is 6.15. The van der Waals surface area contributed by atoms with E-state index in [9.17, 15) is 8.42 Å². The largest absolute Gasteiger partial charge is 0.439 e. The maximum absolute atomic E-state index is 12.4. The van der Waals surface area contributed by atoms with Crippen molar-refractivity contribution in [1.29, 1.82) is 0 Å². The molecule has 1 aliphatic rings. The highest BCUT2D eigenvalue weighted by Crippen LogP contribution is 2.29. The van der Waals surface area contributed by atoms with Crippen molar-refractivity contribution in [3.05, 3.63) is 46.6 Å². The van der Waals surface area contributed by atoms with Gasteiger partial charge in [-0.25, -0.2) is 13.4 Å². The first kappa shape index (κ1) is 16.5. The van der Waals surface area contributed by atoms with Gasteiger partial charge in [0.05, 0.1) is 16.2 Å². The minimum Gasteiger partial charge on any atom is -0.439 e. The Hall–Kier alpha value is -1.34. The van der Waals surface area contributed by atoms with Crippen LogP contribution in [0.2, 0.25) is 10.0 Å². The third kappa shape index (κ3) is 3.61. The normalized spacial score (nSPS) is 15.7. The van der Waals surface area contributed by atoms with E-state index in [0.717, 1.165) is 12.8 Å². The van der Waals surface area contributed by atoms with Gasteiger partial charge in [0.1, 0.15) is 10.6 Å². The molecule has 0 bridgehead atoms. The Bertz CT molecular complexity index is 804. The Morgan fingerprint density at radius 1 is 1.04 bits per heavy atom. The molecule has 0 N–H and O–H groups in total. The monoisotopic (exact) mass is 372 g/mol. The van der Waals surface area contributed by atoms with E-state index >= 15 is 0 Å². The first-order valence-corrected chi connectivity index (χ1v) is 9.25. The standard InChI is InChI=1S/C15H14Cl2N2O3S/c16-13-5-3-11(9-14(13)17)22-15-6-4-12(10-18-15)23(20,21)19-7-1-2-8-19/h3-6,9-10H,1-2,7-8H2. The fourth-order valence-corrected chi connectivity index (χ4v) is 4.07. The van der Waals surface area contributed by atoms with Gasteiger partial charge in [0.15, 0.2) is 0 Å². The van der Waals surface area contributed by atoms with Crippen LogP contribution in [0.15, 0.2) is 41.4 Å². The molecule has 23 heavy (non-hydrogen) atoms. The van der Waals surface area contributed by atoms with Crippen LogP contribution < -0.4 is 4.74 Å². The van der Waals surface area contributed by atoms with Crippen LogP contribution in [0.25, 0.3) is 0 Å². The maximum atomic E-state index is 12.4. The lowest BCUT2D eigenvalue weighted by atomic mass is 10.3. The first-order chi connectivity index (χ1) is 11.0. The Labute approximate surface area is 144 Å². The van der Waals surface area contributed by atoms with Crippen LogP contribution in [0.5, 0.6) is 11.6 Å². The van der Waals surface area contributed by atoms with Gasteiger partial charge in [-0.3, -0.25) is 0 Å². The summed E-state index contributed by atoms with van der Waals surface area (Å²) >= 11 is 11.8. The highest BCUT2D eigenvalue weighted by atomic mass is 35.5. The molecule has 0 spiro atoms. The number of rotatable bonds is 4. The minimum absolute atomic E-state index is 0.167. The summed E-state index contributed by atoms with van der Waals surface area (Å²) in [5.74, 6) is 0.755. The van der Waals surface area contributed by atoms with E-state index in [4.69, 9.17) is 27.9 Å². The Morgan fingerprint density at radius 2 is 1.78 bits per heavy atom. The van der Waals surface area contributed by atoms with E-state index in [2.05, 4.69) is 4.98 Å². The molecule has 2 aromatic rings. The summed E-state index contributed by atoms with van der Waals surface area (Å²) in [6.45, 7) is 1.12. The predicted octanol–water partition coefficient (Wildman–Crippen LogP) is 3.97. The lowest BCUT2D eigenvalue weighted by molar-refractivity contribution is 0.460. The number of hydrogen-bond acceptors (Lipinski definition) is 4. The highest BCUT2D eigenvalue weighted by molar-refractivity contribution is 7.89. The smallest absolute Gasteiger partial charge is 0.244 e. The molecule has 0 atom stereocenters. The van der Waals surface area contributed by atoms with Gasteiger partial charge in [-0.15, -0.1) is 0 Å². The van der Waals surface area contributed by atoms with Gasteiger partial charge >= 0.3 is 0 Å². The molecule has 1 fully saturated rings. The average molecular weight is 373 g/mol. The van der Waals surface area contributed by atoms with Crippen LogP contribution in [0.4, 0.5) is 0 Å². The fraction of sp³-hybridized carbons (Fsp3) is 0.267. The van der Waals surface area contributed by atoms with E-state index < -0.39 is 10.0 Å². The molecule has 1 aromatic heterocycles. The number of benzene rings is 1. The van der Waals surface area contributed by atoms with Gasteiger partial charge in [0, 0.05) is 25.2 Å². The summed E-state index contributed by atoms with van der Waals surface area (Å²) in [6, 6.07) is 7.86. The van der Waals surface area contributed by atoms with Crippen molar-refractivity contribution in [3.8, 4) is 11.6 Å². The van der Waals surface area contributed by atoms with Gasteiger partial charge in [-0.1, -0.05) is 23.2 Å². The molecule has 8 heteroatoms. The van der Waals surface area contributed by atoms with Crippen molar-refractivity contribution in [2.75, 3.05) is 13.1 Å². The summed E-state index contributed by atoms with van der Waals surface area (Å²) in [5, 5.41) is 0.802.